The van der Waals surface area contributed by atoms with Crippen LogP contribution in [-0.4, -0.2) is 23.7 Å². The number of benzene rings is 1. The maximum atomic E-state index is 2.59. The van der Waals surface area contributed by atoms with Gasteiger partial charge in [0.1, 0.15) is 0 Å². The van der Waals surface area contributed by atoms with Gasteiger partial charge in [-0.1, -0.05) is 38.0 Å². The van der Waals surface area contributed by atoms with E-state index in [1.54, 1.807) is 5.56 Å². The van der Waals surface area contributed by atoms with Crippen molar-refractivity contribution in [2.45, 2.75) is 48.3 Å². The van der Waals surface area contributed by atoms with Crippen molar-refractivity contribution >= 4 is 11.8 Å². The second-order valence-corrected chi connectivity index (χ2v) is 6.53. The molecule has 0 N–H and O–H groups in total. The van der Waals surface area contributed by atoms with E-state index in [2.05, 4.69) is 54.9 Å². The summed E-state index contributed by atoms with van der Waals surface area (Å²) in [5.41, 5.74) is 1.92. The number of fused-ring (bicyclic) bond motifs is 3. The lowest BCUT2D eigenvalue weighted by molar-refractivity contribution is 0.0874. The zero-order valence-electron chi connectivity index (χ0n) is 10.8. The molecular formula is C15H21NS. The second kappa shape index (κ2) is 4.33. The summed E-state index contributed by atoms with van der Waals surface area (Å²) in [4.78, 5) is 4.12. The molecule has 1 aliphatic heterocycles. The molecule has 0 aromatic heterocycles. The molecule has 1 aromatic rings. The minimum atomic E-state index is 0.328. The highest BCUT2D eigenvalue weighted by Crippen LogP contribution is 2.56. The Bertz CT molecular complexity index is 417. The van der Waals surface area contributed by atoms with E-state index in [9.17, 15) is 0 Å². The molecule has 0 bridgehead atoms. The summed E-state index contributed by atoms with van der Waals surface area (Å²) in [6, 6.07) is 9.06. The van der Waals surface area contributed by atoms with Crippen LogP contribution < -0.4 is 0 Å². The highest BCUT2D eigenvalue weighted by atomic mass is 32.2. The number of hydrogen-bond donors (Lipinski definition) is 0. The van der Waals surface area contributed by atoms with Gasteiger partial charge in [-0.15, -0.1) is 11.8 Å². The van der Waals surface area contributed by atoms with Gasteiger partial charge in [0.05, 0.1) is 5.54 Å². The molecule has 1 saturated carbocycles. The Morgan fingerprint density at radius 2 is 2.18 bits per heavy atom. The molecule has 0 radical (unpaired) electrons. The third kappa shape index (κ3) is 1.57. The Hall–Kier alpha value is -0.470. The van der Waals surface area contributed by atoms with Crippen LogP contribution in [0.15, 0.2) is 29.2 Å². The fourth-order valence-electron chi connectivity index (χ4n) is 3.59. The van der Waals surface area contributed by atoms with Crippen molar-refractivity contribution < 1.29 is 0 Å². The SMILES string of the molecule is CCN(C)C12CCCCC1Sc1ccccc12. The van der Waals surface area contributed by atoms with Gasteiger partial charge in [-0.2, -0.15) is 0 Å². The monoisotopic (exact) mass is 247 g/mol. The number of nitrogens with zero attached hydrogens (tertiary/aromatic N) is 1. The van der Waals surface area contributed by atoms with Crippen LogP contribution in [0.3, 0.4) is 0 Å². The van der Waals surface area contributed by atoms with Crippen molar-refractivity contribution in [1.29, 1.82) is 0 Å². The Balaban J connectivity index is 2.11. The zero-order valence-corrected chi connectivity index (χ0v) is 11.6. The Labute approximate surface area is 109 Å². The first kappa shape index (κ1) is 11.6. The molecule has 2 atom stereocenters. The summed E-state index contributed by atoms with van der Waals surface area (Å²) < 4.78 is 0. The van der Waals surface area contributed by atoms with E-state index < -0.39 is 0 Å². The largest absolute Gasteiger partial charge is 0.296 e. The number of rotatable bonds is 2. The molecule has 92 valence electrons. The van der Waals surface area contributed by atoms with E-state index in [1.807, 2.05) is 0 Å². The molecule has 2 unspecified atom stereocenters. The molecule has 2 aliphatic rings. The van der Waals surface area contributed by atoms with Crippen LogP contribution in [0.5, 0.6) is 0 Å². The van der Waals surface area contributed by atoms with Crippen LogP contribution in [0.4, 0.5) is 0 Å². The predicted molar refractivity (Wildman–Crippen MR) is 74.5 cm³/mol. The van der Waals surface area contributed by atoms with E-state index in [-0.39, 0.29) is 0 Å². The van der Waals surface area contributed by atoms with Crippen LogP contribution >= 0.6 is 11.8 Å². The Morgan fingerprint density at radius 3 is 3.00 bits per heavy atom. The van der Waals surface area contributed by atoms with Gasteiger partial charge in [-0.3, -0.25) is 4.90 Å². The summed E-state index contributed by atoms with van der Waals surface area (Å²) >= 11 is 2.12. The molecule has 3 rings (SSSR count). The predicted octanol–water partition coefficient (Wildman–Crippen LogP) is 3.88. The van der Waals surface area contributed by atoms with Gasteiger partial charge in [0.15, 0.2) is 0 Å². The summed E-state index contributed by atoms with van der Waals surface area (Å²) in [5, 5.41) is 0.776. The van der Waals surface area contributed by atoms with Crippen molar-refractivity contribution in [3.63, 3.8) is 0 Å². The molecule has 1 aliphatic carbocycles. The lowest BCUT2D eigenvalue weighted by Gasteiger charge is -2.46. The summed E-state index contributed by atoms with van der Waals surface area (Å²) in [7, 11) is 2.31. The molecule has 1 heterocycles. The van der Waals surface area contributed by atoms with Crippen molar-refractivity contribution in [3.8, 4) is 0 Å². The van der Waals surface area contributed by atoms with Gasteiger partial charge < -0.3 is 0 Å². The summed E-state index contributed by atoms with van der Waals surface area (Å²) in [5.74, 6) is 0. The zero-order chi connectivity index (χ0) is 11.9. The molecule has 17 heavy (non-hydrogen) atoms. The summed E-state index contributed by atoms with van der Waals surface area (Å²) in [6.07, 6.45) is 5.51. The quantitative estimate of drug-likeness (QED) is 0.780. The van der Waals surface area contributed by atoms with Gasteiger partial charge in [0.25, 0.3) is 0 Å². The molecule has 0 amide bonds. The Kier molecular flexibility index (Phi) is 2.95. The third-order valence-corrected chi connectivity index (χ3v) is 6.11. The molecule has 1 fully saturated rings. The van der Waals surface area contributed by atoms with Crippen LogP contribution in [0.1, 0.15) is 38.2 Å². The summed E-state index contributed by atoms with van der Waals surface area (Å²) in [6.45, 7) is 3.43. The minimum Gasteiger partial charge on any atom is -0.296 e. The van der Waals surface area contributed by atoms with Crippen molar-refractivity contribution in [1.82, 2.24) is 4.90 Å². The van der Waals surface area contributed by atoms with Crippen molar-refractivity contribution in [2.24, 2.45) is 0 Å². The van der Waals surface area contributed by atoms with Gasteiger partial charge >= 0.3 is 0 Å². The lowest BCUT2D eigenvalue weighted by atomic mass is 9.75. The van der Waals surface area contributed by atoms with Crippen LogP contribution in [0.2, 0.25) is 0 Å². The van der Waals surface area contributed by atoms with Gasteiger partial charge in [-0.05, 0) is 38.1 Å². The second-order valence-electron chi connectivity index (χ2n) is 5.29. The van der Waals surface area contributed by atoms with E-state index in [0.29, 0.717) is 5.54 Å². The average molecular weight is 247 g/mol. The van der Waals surface area contributed by atoms with Crippen molar-refractivity contribution in [2.75, 3.05) is 13.6 Å². The van der Waals surface area contributed by atoms with Crippen LogP contribution in [-0.2, 0) is 5.54 Å². The highest BCUT2D eigenvalue weighted by Gasteiger charge is 2.50. The number of thioether (sulfide) groups is 1. The fraction of sp³-hybridized carbons (Fsp3) is 0.600. The smallest absolute Gasteiger partial charge is 0.0591 e. The van der Waals surface area contributed by atoms with E-state index >= 15 is 0 Å². The van der Waals surface area contributed by atoms with Gasteiger partial charge in [0.2, 0.25) is 0 Å². The molecule has 0 spiro atoms. The topological polar surface area (TPSA) is 3.24 Å². The maximum absolute atomic E-state index is 2.59. The lowest BCUT2D eigenvalue weighted by Crippen LogP contribution is -2.50. The van der Waals surface area contributed by atoms with E-state index in [4.69, 9.17) is 0 Å². The minimum absolute atomic E-state index is 0.328. The highest BCUT2D eigenvalue weighted by molar-refractivity contribution is 8.00. The van der Waals surface area contributed by atoms with E-state index in [0.717, 1.165) is 11.8 Å². The first-order valence-corrected chi connectivity index (χ1v) is 7.64. The molecule has 1 nitrogen and oxygen atoms in total. The third-order valence-electron chi connectivity index (χ3n) is 4.59. The normalized spacial score (nSPS) is 31.4. The standard InChI is InChI=1S/C15H21NS/c1-3-16(2)15-11-7-6-10-14(15)17-13-9-5-4-8-12(13)15/h4-5,8-9,14H,3,6-7,10-11H2,1-2H3. The molecule has 0 saturated heterocycles. The average Bonchev–Trinajstić information content (AvgIpc) is 2.73. The van der Waals surface area contributed by atoms with Gasteiger partial charge in [-0.25, -0.2) is 0 Å². The van der Waals surface area contributed by atoms with Crippen LogP contribution in [0, 0.1) is 0 Å². The van der Waals surface area contributed by atoms with Crippen molar-refractivity contribution in [3.05, 3.63) is 29.8 Å². The Morgan fingerprint density at radius 1 is 1.35 bits per heavy atom. The molecule has 1 aromatic carbocycles. The first-order chi connectivity index (χ1) is 8.29. The fourth-order valence-corrected chi connectivity index (χ4v) is 5.33. The molecular weight excluding hydrogens is 226 g/mol. The molecule has 2 heteroatoms. The maximum Gasteiger partial charge on any atom is 0.0591 e. The van der Waals surface area contributed by atoms with Gasteiger partial charge in [0, 0.05) is 10.1 Å². The number of hydrogen-bond acceptors (Lipinski definition) is 2. The van der Waals surface area contributed by atoms with Crippen LogP contribution in [0.25, 0.3) is 0 Å². The van der Waals surface area contributed by atoms with E-state index in [1.165, 1.54) is 30.6 Å². The first-order valence-electron chi connectivity index (χ1n) is 6.76.